The van der Waals surface area contributed by atoms with Gasteiger partial charge in [-0.1, -0.05) is 77.4 Å². The molecule has 0 saturated heterocycles. The molecule has 0 bridgehead atoms. The van der Waals surface area contributed by atoms with E-state index in [9.17, 15) is 4.79 Å². The van der Waals surface area contributed by atoms with Crippen LogP contribution in [0.25, 0.3) is 16.5 Å². The van der Waals surface area contributed by atoms with Crippen LogP contribution < -0.4 is 0 Å². The summed E-state index contributed by atoms with van der Waals surface area (Å²) < 4.78 is 0. The van der Waals surface area contributed by atoms with E-state index < -0.39 is 0 Å². The summed E-state index contributed by atoms with van der Waals surface area (Å²) >= 11 is 7.69. The van der Waals surface area contributed by atoms with Gasteiger partial charge < -0.3 is 0 Å². The summed E-state index contributed by atoms with van der Waals surface area (Å²) in [7, 11) is 0. The first-order valence-electron chi connectivity index (χ1n) is 11.3. The van der Waals surface area contributed by atoms with Gasteiger partial charge >= 0.3 is 0 Å². The molecule has 0 atom stereocenters. The number of halogens is 1. The molecule has 0 unspecified atom stereocenters. The third-order valence-electron chi connectivity index (χ3n) is 5.79. The van der Waals surface area contributed by atoms with Crippen LogP contribution >= 0.6 is 22.9 Å². The van der Waals surface area contributed by atoms with Gasteiger partial charge in [0.1, 0.15) is 5.70 Å². The molecule has 0 spiro atoms. The number of hydrogen-bond acceptors (Lipinski definition) is 4. The Morgan fingerprint density at radius 1 is 0.853 bits per heavy atom. The SMILES string of the molecule is CC(C)(C)C1=CC(=C(N=Nc2ccc(Cl)cc2)c2scc3ccccc23)C=C(C(C)(C)C)C1=O. The van der Waals surface area contributed by atoms with Crippen LogP contribution in [-0.2, 0) is 4.79 Å². The lowest BCUT2D eigenvalue weighted by Crippen LogP contribution is -2.28. The average Bonchev–Trinajstić information content (AvgIpc) is 3.18. The van der Waals surface area contributed by atoms with Gasteiger partial charge in [0, 0.05) is 27.1 Å². The minimum Gasteiger partial charge on any atom is -0.289 e. The van der Waals surface area contributed by atoms with Gasteiger partial charge in [-0.05, 0) is 58.0 Å². The summed E-state index contributed by atoms with van der Waals surface area (Å²) in [5.41, 5.74) is 3.35. The maximum Gasteiger partial charge on any atom is 0.186 e. The topological polar surface area (TPSA) is 41.8 Å². The normalized spacial score (nSPS) is 15.1. The van der Waals surface area contributed by atoms with Crippen molar-refractivity contribution in [2.45, 2.75) is 41.5 Å². The van der Waals surface area contributed by atoms with Crippen LogP contribution in [0.4, 0.5) is 5.69 Å². The van der Waals surface area contributed by atoms with Crippen LogP contribution in [0.3, 0.4) is 0 Å². The lowest BCUT2D eigenvalue weighted by molar-refractivity contribution is -0.114. The largest absolute Gasteiger partial charge is 0.289 e. The number of thiophene rings is 1. The lowest BCUT2D eigenvalue weighted by atomic mass is 9.71. The molecular formula is C29H29ClN2OS. The molecule has 1 aromatic heterocycles. The van der Waals surface area contributed by atoms with Crippen LogP contribution in [0.2, 0.25) is 5.02 Å². The van der Waals surface area contributed by atoms with Crippen LogP contribution in [0.1, 0.15) is 46.4 Å². The fourth-order valence-corrected chi connectivity index (χ4v) is 5.06. The fourth-order valence-electron chi connectivity index (χ4n) is 3.91. The number of carbonyl (C=O) groups excluding carboxylic acids is 1. The molecule has 4 rings (SSSR count). The molecule has 0 saturated carbocycles. The van der Waals surface area contributed by atoms with Crippen molar-refractivity contribution < 1.29 is 4.79 Å². The van der Waals surface area contributed by atoms with E-state index in [1.54, 1.807) is 23.5 Å². The van der Waals surface area contributed by atoms with Gasteiger partial charge in [-0.2, -0.15) is 5.11 Å². The number of hydrogen-bond donors (Lipinski definition) is 0. The van der Waals surface area contributed by atoms with Crippen molar-refractivity contribution in [3.63, 3.8) is 0 Å². The number of benzene rings is 2. The van der Waals surface area contributed by atoms with Gasteiger partial charge in [-0.3, -0.25) is 4.79 Å². The number of Topliss-reactive ketones (excluding diaryl/α,β-unsaturated/α-hetero) is 1. The van der Waals surface area contributed by atoms with Gasteiger partial charge in [-0.25, -0.2) is 0 Å². The molecule has 1 heterocycles. The molecule has 0 amide bonds. The van der Waals surface area contributed by atoms with Crippen molar-refractivity contribution in [3.05, 3.63) is 92.7 Å². The van der Waals surface area contributed by atoms with E-state index in [2.05, 4.69) is 64.2 Å². The van der Waals surface area contributed by atoms with Gasteiger partial charge in [0.2, 0.25) is 0 Å². The van der Waals surface area contributed by atoms with Gasteiger partial charge in [-0.15, -0.1) is 16.5 Å². The van der Waals surface area contributed by atoms with Crippen molar-refractivity contribution in [3.8, 4) is 0 Å². The standard InChI is InChI=1S/C29H29ClN2OS/c1-28(2,3)23-15-19(16-24(26(23)33)29(4,5)6)25(32-31-21-13-11-20(30)12-14-21)27-22-10-8-7-9-18(22)17-34-27/h7-17H,1-6H3. The van der Waals surface area contributed by atoms with E-state index >= 15 is 0 Å². The predicted octanol–water partition coefficient (Wildman–Crippen LogP) is 9.58. The summed E-state index contributed by atoms with van der Waals surface area (Å²) in [6.07, 6.45) is 4.00. The Bertz CT molecular complexity index is 1340. The molecule has 174 valence electrons. The quantitative estimate of drug-likeness (QED) is 0.338. The number of fused-ring (bicyclic) bond motifs is 1. The third-order valence-corrected chi connectivity index (χ3v) is 7.07. The number of rotatable bonds is 3. The molecule has 3 aromatic rings. The van der Waals surface area contributed by atoms with Crippen molar-refractivity contribution in [1.82, 2.24) is 0 Å². The number of nitrogens with zero attached hydrogens (tertiary/aromatic N) is 2. The van der Waals surface area contributed by atoms with Gasteiger partial charge in [0.15, 0.2) is 5.78 Å². The highest BCUT2D eigenvalue weighted by Gasteiger charge is 2.35. The van der Waals surface area contributed by atoms with Crippen LogP contribution in [0.15, 0.2) is 93.0 Å². The number of allylic oxidation sites excluding steroid dienone is 5. The van der Waals surface area contributed by atoms with E-state index in [0.29, 0.717) is 5.02 Å². The Morgan fingerprint density at radius 3 is 2.03 bits per heavy atom. The van der Waals surface area contributed by atoms with Crippen molar-refractivity contribution in [2.24, 2.45) is 21.1 Å². The first-order valence-corrected chi connectivity index (χ1v) is 12.6. The first kappa shape index (κ1) is 24.3. The Hall–Kier alpha value is -2.82. The van der Waals surface area contributed by atoms with Crippen molar-refractivity contribution in [2.75, 3.05) is 0 Å². The van der Waals surface area contributed by atoms with Crippen LogP contribution in [-0.4, -0.2) is 5.78 Å². The van der Waals surface area contributed by atoms with Crippen molar-refractivity contribution in [1.29, 1.82) is 0 Å². The summed E-state index contributed by atoms with van der Waals surface area (Å²) in [5, 5.41) is 14.4. The third kappa shape index (κ3) is 4.98. The van der Waals surface area contributed by atoms with E-state index in [1.165, 1.54) is 0 Å². The molecule has 0 radical (unpaired) electrons. The minimum absolute atomic E-state index is 0.105. The molecule has 0 fully saturated rings. The predicted molar refractivity (Wildman–Crippen MR) is 145 cm³/mol. The Morgan fingerprint density at radius 2 is 1.44 bits per heavy atom. The van der Waals surface area contributed by atoms with Gasteiger partial charge in [0.05, 0.1) is 10.6 Å². The van der Waals surface area contributed by atoms with E-state index in [4.69, 9.17) is 16.7 Å². The molecule has 5 heteroatoms. The highest BCUT2D eigenvalue weighted by molar-refractivity contribution is 7.12. The second-order valence-electron chi connectivity index (χ2n) is 10.6. The fraction of sp³-hybridized carbons (Fsp3) is 0.276. The zero-order chi connectivity index (χ0) is 24.7. The van der Waals surface area contributed by atoms with E-state index in [1.807, 2.05) is 36.4 Å². The lowest BCUT2D eigenvalue weighted by Gasteiger charge is -2.31. The highest BCUT2D eigenvalue weighted by atomic mass is 35.5. The van der Waals surface area contributed by atoms with Crippen LogP contribution in [0.5, 0.6) is 0 Å². The monoisotopic (exact) mass is 488 g/mol. The Balaban J connectivity index is 2.01. The highest BCUT2D eigenvalue weighted by Crippen LogP contribution is 2.43. The first-order chi connectivity index (χ1) is 15.9. The Kier molecular flexibility index (Phi) is 6.50. The molecular weight excluding hydrogens is 460 g/mol. The van der Waals surface area contributed by atoms with E-state index in [-0.39, 0.29) is 16.6 Å². The number of azo groups is 1. The van der Waals surface area contributed by atoms with Crippen LogP contribution in [0, 0.1) is 10.8 Å². The smallest absolute Gasteiger partial charge is 0.186 e. The van der Waals surface area contributed by atoms with Gasteiger partial charge in [0.25, 0.3) is 0 Å². The second-order valence-corrected chi connectivity index (χ2v) is 11.9. The van der Waals surface area contributed by atoms with E-state index in [0.717, 1.165) is 43.8 Å². The molecule has 0 N–H and O–H groups in total. The molecule has 34 heavy (non-hydrogen) atoms. The average molecular weight is 489 g/mol. The van der Waals surface area contributed by atoms with Crippen molar-refractivity contribution >= 4 is 50.9 Å². The molecule has 0 aliphatic heterocycles. The summed E-state index contributed by atoms with van der Waals surface area (Å²) in [4.78, 5) is 14.5. The second kappa shape index (κ2) is 9.09. The number of carbonyl (C=O) groups is 1. The molecule has 3 nitrogen and oxygen atoms in total. The summed E-state index contributed by atoms with van der Waals surface area (Å²) in [6.45, 7) is 12.5. The Labute approximate surface area is 210 Å². The summed E-state index contributed by atoms with van der Waals surface area (Å²) in [6, 6.07) is 15.6. The summed E-state index contributed by atoms with van der Waals surface area (Å²) in [5.74, 6) is 0.105. The molecule has 1 aliphatic rings. The molecule has 1 aliphatic carbocycles. The maximum absolute atomic E-state index is 13.5. The minimum atomic E-state index is -0.303. The maximum atomic E-state index is 13.5. The number of ketones is 1. The zero-order valence-electron chi connectivity index (χ0n) is 20.4. The zero-order valence-corrected chi connectivity index (χ0v) is 22.0. The molecule has 2 aromatic carbocycles.